The number of rotatable bonds is 5. The van der Waals surface area contributed by atoms with Crippen LogP contribution in [0, 0.1) is 6.92 Å². The largest absolute Gasteiger partial charge is 0.494 e. The number of amides is 1. The molecule has 0 saturated heterocycles. The third kappa shape index (κ3) is 3.34. The molecule has 4 rings (SSSR count). The van der Waals surface area contributed by atoms with Gasteiger partial charge in [0.25, 0.3) is 5.91 Å². The molecule has 3 heterocycles. The number of thiazole rings is 1. The number of aryl methyl sites for hydroxylation is 2. The Kier molecular flexibility index (Phi) is 4.79. The number of methoxy groups -OCH3 is 1. The lowest BCUT2D eigenvalue weighted by molar-refractivity contribution is 0.0979. The van der Waals surface area contributed by atoms with Crippen molar-refractivity contribution in [1.29, 1.82) is 0 Å². The van der Waals surface area contributed by atoms with E-state index in [9.17, 15) is 4.79 Å². The van der Waals surface area contributed by atoms with Crippen molar-refractivity contribution in [3.8, 4) is 5.75 Å². The van der Waals surface area contributed by atoms with Crippen LogP contribution in [0.3, 0.4) is 0 Å². The number of ether oxygens (including phenoxy) is 1. The van der Waals surface area contributed by atoms with Crippen molar-refractivity contribution in [3.63, 3.8) is 0 Å². The number of carbonyl (C=O) groups is 1. The second-order valence-electron chi connectivity index (χ2n) is 6.35. The summed E-state index contributed by atoms with van der Waals surface area (Å²) in [6, 6.07) is 11.3. The first kappa shape index (κ1) is 18.1. The molecule has 8 heteroatoms. The van der Waals surface area contributed by atoms with E-state index in [4.69, 9.17) is 9.72 Å². The minimum Gasteiger partial charge on any atom is -0.494 e. The summed E-state index contributed by atoms with van der Waals surface area (Å²) in [5.41, 5.74) is 2.95. The molecule has 1 amide bonds. The predicted octanol–water partition coefficient (Wildman–Crippen LogP) is 3.59. The predicted molar refractivity (Wildman–Crippen MR) is 109 cm³/mol. The fourth-order valence-electron chi connectivity index (χ4n) is 2.90. The Morgan fingerprint density at radius 3 is 2.82 bits per heavy atom. The van der Waals surface area contributed by atoms with Gasteiger partial charge in [-0.25, -0.2) is 4.98 Å². The first-order chi connectivity index (χ1) is 13.6. The quantitative estimate of drug-likeness (QED) is 0.518. The molecular formula is C20H19N5O2S. The van der Waals surface area contributed by atoms with E-state index in [1.165, 1.54) is 11.3 Å². The van der Waals surface area contributed by atoms with E-state index in [1.807, 2.05) is 44.3 Å². The lowest BCUT2D eigenvalue weighted by Gasteiger charge is -2.18. The molecule has 0 N–H and O–H groups in total. The van der Waals surface area contributed by atoms with Gasteiger partial charge in [-0.1, -0.05) is 23.5 Å². The van der Waals surface area contributed by atoms with Crippen LogP contribution in [0.4, 0.5) is 5.13 Å². The van der Waals surface area contributed by atoms with Crippen molar-refractivity contribution < 1.29 is 9.53 Å². The molecule has 0 aliphatic rings. The Morgan fingerprint density at radius 2 is 2.14 bits per heavy atom. The summed E-state index contributed by atoms with van der Waals surface area (Å²) in [4.78, 5) is 23.8. The van der Waals surface area contributed by atoms with Gasteiger partial charge >= 0.3 is 0 Å². The summed E-state index contributed by atoms with van der Waals surface area (Å²) >= 11 is 1.45. The molecule has 0 aliphatic heterocycles. The summed E-state index contributed by atoms with van der Waals surface area (Å²) < 4.78 is 8.06. The maximum absolute atomic E-state index is 13.3. The Labute approximate surface area is 166 Å². The minimum atomic E-state index is -0.203. The number of para-hydroxylation sites is 1. The molecule has 0 atom stereocenters. The Balaban J connectivity index is 1.79. The summed E-state index contributed by atoms with van der Waals surface area (Å²) in [5, 5.41) is 4.94. The first-order valence-corrected chi connectivity index (χ1v) is 9.53. The molecule has 0 saturated carbocycles. The van der Waals surface area contributed by atoms with E-state index in [0.717, 1.165) is 21.5 Å². The van der Waals surface area contributed by atoms with Crippen LogP contribution in [0.1, 0.15) is 21.7 Å². The van der Waals surface area contributed by atoms with Crippen LogP contribution in [-0.4, -0.2) is 32.8 Å². The zero-order chi connectivity index (χ0) is 19.7. The molecular weight excluding hydrogens is 374 g/mol. The lowest BCUT2D eigenvalue weighted by atomic mass is 10.2. The molecule has 142 valence electrons. The molecule has 0 bridgehead atoms. The third-order valence-corrected chi connectivity index (χ3v) is 5.51. The molecule has 0 unspecified atom stereocenters. The van der Waals surface area contributed by atoms with E-state index >= 15 is 0 Å². The van der Waals surface area contributed by atoms with Crippen LogP contribution in [0.15, 0.2) is 48.8 Å². The summed E-state index contributed by atoms with van der Waals surface area (Å²) in [7, 11) is 3.43. The highest BCUT2D eigenvalue weighted by Crippen LogP contribution is 2.35. The molecule has 0 aliphatic carbocycles. The molecule has 1 aromatic carbocycles. The normalized spacial score (nSPS) is 11.0. The number of hydrogen-bond acceptors (Lipinski definition) is 6. The topological polar surface area (TPSA) is 73.1 Å². The van der Waals surface area contributed by atoms with Gasteiger partial charge in [0.1, 0.15) is 11.3 Å². The van der Waals surface area contributed by atoms with E-state index in [-0.39, 0.29) is 5.91 Å². The smallest absolute Gasteiger partial charge is 0.280 e. The van der Waals surface area contributed by atoms with Crippen molar-refractivity contribution in [2.75, 3.05) is 12.0 Å². The molecule has 0 fully saturated rings. The van der Waals surface area contributed by atoms with Crippen molar-refractivity contribution in [2.45, 2.75) is 13.5 Å². The molecule has 28 heavy (non-hydrogen) atoms. The van der Waals surface area contributed by atoms with Crippen LogP contribution >= 0.6 is 11.3 Å². The average molecular weight is 393 g/mol. The van der Waals surface area contributed by atoms with Crippen molar-refractivity contribution in [2.24, 2.45) is 7.05 Å². The van der Waals surface area contributed by atoms with E-state index in [2.05, 4.69) is 10.1 Å². The second kappa shape index (κ2) is 7.40. The van der Waals surface area contributed by atoms with Gasteiger partial charge in [0, 0.05) is 25.1 Å². The number of nitrogens with zero attached hydrogens (tertiary/aromatic N) is 5. The molecule has 0 spiro atoms. The van der Waals surface area contributed by atoms with E-state index < -0.39 is 0 Å². The van der Waals surface area contributed by atoms with Gasteiger partial charge in [-0.3, -0.25) is 19.4 Å². The highest BCUT2D eigenvalue weighted by molar-refractivity contribution is 7.22. The van der Waals surface area contributed by atoms with E-state index in [1.54, 1.807) is 35.2 Å². The summed E-state index contributed by atoms with van der Waals surface area (Å²) in [6.07, 6.45) is 3.46. The van der Waals surface area contributed by atoms with Gasteiger partial charge in [0.2, 0.25) is 0 Å². The van der Waals surface area contributed by atoms with Crippen molar-refractivity contribution in [1.82, 2.24) is 19.7 Å². The van der Waals surface area contributed by atoms with Crippen molar-refractivity contribution in [3.05, 3.63) is 65.7 Å². The Bertz CT molecular complexity index is 1120. The van der Waals surface area contributed by atoms with Crippen LogP contribution in [0.5, 0.6) is 5.75 Å². The first-order valence-electron chi connectivity index (χ1n) is 8.72. The number of benzene rings is 1. The zero-order valence-electron chi connectivity index (χ0n) is 15.8. The fourth-order valence-corrected chi connectivity index (χ4v) is 3.88. The van der Waals surface area contributed by atoms with Gasteiger partial charge in [-0.15, -0.1) is 0 Å². The van der Waals surface area contributed by atoms with Gasteiger partial charge in [0.15, 0.2) is 10.8 Å². The van der Waals surface area contributed by atoms with Crippen LogP contribution < -0.4 is 9.64 Å². The molecule has 3 aromatic heterocycles. The highest BCUT2D eigenvalue weighted by Gasteiger charge is 2.25. The van der Waals surface area contributed by atoms with Gasteiger partial charge in [0.05, 0.1) is 18.4 Å². The third-order valence-electron chi connectivity index (χ3n) is 4.46. The minimum absolute atomic E-state index is 0.203. The Hall–Kier alpha value is -3.26. The Morgan fingerprint density at radius 1 is 1.29 bits per heavy atom. The van der Waals surface area contributed by atoms with Crippen molar-refractivity contribution >= 4 is 32.6 Å². The number of carbonyl (C=O) groups excluding carboxylic acids is 1. The van der Waals surface area contributed by atoms with Crippen LogP contribution in [-0.2, 0) is 13.6 Å². The van der Waals surface area contributed by atoms with Crippen LogP contribution in [0.2, 0.25) is 0 Å². The number of aromatic nitrogens is 4. The van der Waals surface area contributed by atoms with E-state index in [0.29, 0.717) is 23.1 Å². The van der Waals surface area contributed by atoms with Crippen LogP contribution in [0.25, 0.3) is 10.2 Å². The van der Waals surface area contributed by atoms with Gasteiger partial charge < -0.3 is 4.74 Å². The van der Waals surface area contributed by atoms with Gasteiger partial charge in [-0.2, -0.15) is 5.10 Å². The number of anilines is 1. The summed E-state index contributed by atoms with van der Waals surface area (Å²) in [6.45, 7) is 2.27. The fraction of sp³-hybridized carbons (Fsp3) is 0.200. The number of pyridine rings is 1. The molecule has 7 nitrogen and oxygen atoms in total. The average Bonchev–Trinajstić information content (AvgIpc) is 3.29. The van der Waals surface area contributed by atoms with Gasteiger partial charge in [-0.05, 0) is 36.8 Å². The monoisotopic (exact) mass is 393 g/mol. The maximum atomic E-state index is 13.3. The molecule has 0 radical (unpaired) electrons. The number of fused-ring (bicyclic) bond motifs is 1. The summed E-state index contributed by atoms with van der Waals surface area (Å²) in [5.74, 6) is 0.480. The highest BCUT2D eigenvalue weighted by atomic mass is 32.1. The second-order valence-corrected chi connectivity index (χ2v) is 7.36. The zero-order valence-corrected chi connectivity index (χ0v) is 16.6. The molecule has 4 aromatic rings. The number of hydrogen-bond donors (Lipinski definition) is 0. The standard InChI is InChI=1S/C20H19N5O2S/c1-13-10-15(23-24(13)2)19(26)25(12-14-6-5-9-21-11-14)20-22-18-16(27-3)7-4-8-17(18)28-20/h4-11H,12H2,1-3H3. The maximum Gasteiger partial charge on any atom is 0.280 e. The lowest BCUT2D eigenvalue weighted by Crippen LogP contribution is -2.30. The SMILES string of the molecule is COc1cccc2sc(N(Cc3cccnc3)C(=O)c3cc(C)n(C)n3)nc12.